The minimum absolute atomic E-state index is 0. The van der Waals surface area contributed by atoms with Gasteiger partial charge in [-0.1, -0.05) is 12.8 Å². The van der Waals surface area contributed by atoms with E-state index in [0.29, 0.717) is 6.04 Å². The Labute approximate surface area is 190 Å². The Morgan fingerprint density at radius 3 is 2.46 bits per heavy atom. The maximum Gasteiger partial charge on any atom is 0.193 e. The molecule has 3 unspecified atom stereocenters. The zero-order chi connectivity index (χ0) is 18.6. The van der Waals surface area contributed by atoms with E-state index < -0.39 is 0 Å². The smallest absolute Gasteiger partial charge is 0.193 e. The molecule has 2 saturated heterocycles. The van der Waals surface area contributed by atoms with Crippen molar-refractivity contribution in [1.82, 2.24) is 15.1 Å². The van der Waals surface area contributed by atoms with Crippen molar-refractivity contribution in [2.24, 2.45) is 16.8 Å². The van der Waals surface area contributed by atoms with E-state index >= 15 is 0 Å². The van der Waals surface area contributed by atoms with Crippen LogP contribution in [-0.2, 0) is 4.74 Å². The number of nitrogens with zero attached hydrogens (tertiary/aromatic N) is 3. The number of hydrogen-bond donors (Lipinski definition) is 1. The summed E-state index contributed by atoms with van der Waals surface area (Å²) < 4.78 is 5.58. The molecule has 158 valence electrons. The molecule has 7 heteroatoms. The van der Waals surface area contributed by atoms with Gasteiger partial charge in [-0.2, -0.15) is 0 Å². The van der Waals surface area contributed by atoms with E-state index in [2.05, 4.69) is 39.2 Å². The predicted molar refractivity (Wildman–Crippen MR) is 128 cm³/mol. The highest BCUT2D eigenvalue weighted by molar-refractivity contribution is 14.0. The quantitative estimate of drug-likeness (QED) is 0.375. The van der Waals surface area contributed by atoms with Crippen molar-refractivity contribution in [3.63, 3.8) is 0 Å². The van der Waals surface area contributed by atoms with Crippen LogP contribution in [0.3, 0.4) is 0 Å². The first-order valence-corrected chi connectivity index (χ1v) is 11.4. The Bertz CT molecular complexity index is 632. The number of rotatable bonds is 4. The fraction of sp³-hybridized carbons (Fsp3) is 0.762. The third-order valence-corrected chi connectivity index (χ3v) is 7.62. The van der Waals surface area contributed by atoms with Gasteiger partial charge in [0.2, 0.25) is 0 Å². The molecule has 0 spiro atoms. The van der Waals surface area contributed by atoms with Crippen LogP contribution in [0.25, 0.3) is 0 Å². The Morgan fingerprint density at radius 1 is 1.21 bits per heavy atom. The van der Waals surface area contributed by atoms with Gasteiger partial charge in [0.1, 0.15) is 0 Å². The SMILES string of the molecule is CN=C(NCC(c1ccc(C)s1)N1CCOCC1)N1CC2CCCCC2C1.I. The second-order valence-corrected chi connectivity index (χ2v) is 9.57. The van der Waals surface area contributed by atoms with E-state index in [1.165, 1.54) is 48.5 Å². The van der Waals surface area contributed by atoms with Gasteiger partial charge in [0, 0.05) is 49.5 Å². The Morgan fingerprint density at radius 2 is 1.89 bits per heavy atom. The molecule has 0 amide bonds. The minimum atomic E-state index is 0. The second-order valence-electron chi connectivity index (χ2n) is 8.25. The predicted octanol–water partition coefficient (Wildman–Crippen LogP) is 3.75. The lowest BCUT2D eigenvalue weighted by molar-refractivity contribution is 0.0176. The van der Waals surface area contributed by atoms with E-state index in [1.807, 2.05) is 18.4 Å². The first kappa shape index (κ1) is 22.3. The van der Waals surface area contributed by atoms with Crippen molar-refractivity contribution in [2.45, 2.75) is 38.6 Å². The van der Waals surface area contributed by atoms with E-state index in [9.17, 15) is 0 Å². The van der Waals surface area contributed by atoms with Crippen molar-refractivity contribution in [1.29, 1.82) is 0 Å². The van der Waals surface area contributed by atoms with Gasteiger partial charge in [-0.25, -0.2) is 0 Å². The first-order valence-electron chi connectivity index (χ1n) is 10.6. The minimum Gasteiger partial charge on any atom is -0.379 e. The molecule has 3 fully saturated rings. The van der Waals surface area contributed by atoms with Crippen molar-refractivity contribution in [2.75, 3.05) is 53.0 Å². The van der Waals surface area contributed by atoms with Gasteiger partial charge in [0.15, 0.2) is 5.96 Å². The molecule has 2 aliphatic heterocycles. The van der Waals surface area contributed by atoms with Gasteiger partial charge in [-0.15, -0.1) is 35.3 Å². The average Bonchev–Trinajstić information content (AvgIpc) is 3.32. The summed E-state index contributed by atoms with van der Waals surface area (Å²) in [6, 6.07) is 4.94. The average molecular weight is 519 g/mol. The van der Waals surface area contributed by atoms with Crippen LogP contribution in [0.1, 0.15) is 41.5 Å². The van der Waals surface area contributed by atoms with Crippen LogP contribution < -0.4 is 5.32 Å². The van der Waals surface area contributed by atoms with Gasteiger partial charge in [0.05, 0.1) is 19.3 Å². The fourth-order valence-corrected chi connectivity index (χ4v) is 6.04. The van der Waals surface area contributed by atoms with Crippen molar-refractivity contribution in [3.8, 4) is 0 Å². The Kier molecular flexibility index (Phi) is 8.44. The third-order valence-electron chi connectivity index (χ3n) is 6.52. The van der Waals surface area contributed by atoms with Crippen molar-refractivity contribution >= 4 is 41.3 Å². The number of hydrogen-bond acceptors (Lipinski definition) is 4. The van der Waals surface area contributed by atoms with Gasteiger partial charge in [-0.05, 0) is 43.7 Å². The first-order chi connectivity index (χ1) is 13.2. The lowest BCUT2D eigenvalue weighted by Gasteiger charge is -2.35. The number of guanidine groups is 1. The summed E-state index contributed by atoms with van der Waals surface area (Å²) in [7, 11) is 1.93. The number of aryl methyl sites for hydroxylation is 1. The highest BCUT2D eigenvalue weighted by Crippen LogP contribution is 2.36. The number of ether oxygens (including phenoxy) is 1. The molecular formula is C21H35IN4OS. The number of aliphatic imine (C=N–C) groups is 1. The molecule has 4 rings (SSSR count). The molecule has 1 aliphatic carbocycles. The molecule has 3 atom stereocenters. The maximum atomic E-state index is 5.58. The number of halogens is 1. The van der Waals surface area contributed by atoms with E-state index in [0.717, 1.165) is 50.6 Å². The van der Waals surface area contributed by atoms with Crippen LogP contribution in [0.15, 0.2) is 17.1 Å². The summed E-state index contributed by atoms with van der Waals surface area (Å²) in [6.45, 7) is 9.18. The molecule has 3 aliphatic rings. The summed E-state index contributed by atoms with van der Waals surface area (Å²) in [4.78, 5) is 12.6. The topological polar surface area (TPSA) is 40.1 Å². The molecular weight excluding hydrogens is 483 g/mol. The van der Waals surface area contributed by atoms with E-state index in [4.69, 9.17) is 4.74 Å². The molecule has 0 bridgehead atoms. The number of likely N-dealkylation sites (tertiary alicyclic amines) is 1. The van der Waals surface area contributed by atoms with Crippen LogP contribution in [0.2, 0.25) is 0 Å². The Balaban J connectivity index is 0.00000225. The lowest BCUT2D eigenvalue weighted by Crippen LogP contribution is -2.47. The molecule has 0 aromatic carbocycles. The standard InChI is InChI=1S/C21H34N4OS.HI/c1-16-7-8-20(27-16)19(24-9-11-26-12-10-24)13-23-21(22-2)25-14-17-5-3-4-6-18(17)15-25;/h7-8,17-19H,3-6,9-15H2,1-2H3,(H,22,23);1H. The van der Waals surface area contributed by atoms with Crippen LogP contribution in [0.5, 0.6) is 0 Å². The maximum absolute atomic E-state index is 5.58. The number of thiophene rings is 1. The summed E-state index contributed by atoms with van der Waals surface area (Å²) in [5, 5.41) is 3.73. The molecule has 5 nitrogen and oxygen atoms in total. The van der Waals surface area contributed by atoms with Crippen LogP contribution in [0, 0.1) is 18.8 Å². The molecule has 3 heterocycles. The van der Waals surface area contributed by atoms with Crippen LogP contribution in [0.4, 0.5) is 0 Å². The number of fused-ring (bicyclic) bond motifs is 1. The monoisotopic (exact) mass is 518 g/mol. The zero-order valence-corrected chi connectivity index (χ0v) is 20.4. The highest BCUT2D eigenvalue weighted by Gasteiger charge is 2.36. The largest absolute Gasteiger partial charge is 0.379 e. The van der Waals surface area contributed by atoms with Crippen molar-refractivity contribution in [3.05, 3.63) is 21.9 Å². The molecule has 1 saturated carbocycles. The highest BCUT2D eigenvalue weighted by atomic mass is 127. The summed E-state index contributed by atoms with van der Waals surface area (Å²) >= 11 is 1.92. The molecule has 28 heavy (non-hydrogen) atoms. The van der Waals surface area contributed by atoms with Crippen LogP contribution in [-0.4, -0.2) is 68.7 Å². The van der Waals surface area contributed by atoms with Crippen molar-refractivity contribution < 1.29 is 4.74 Å². The molecule has 1 aromatic rings. The Hall–Kier alpha value is -0.380. The van der Waals surface area contributed by atoms with Gasteiger partial charge < -0.3 is 15.0 Å². The zero-order valence-electron chi connectivity index (χ0n) is 17.2. The van der Waals surface area contributed by atoms with E-state index in [1.54, 1.807) is 0 Å². The summed E-state index contributed by atoms with van der Waals surface area (Å²) in [5.41, 5.74) is 0. The fourth-order valence-electron chi connectivity index (χ4n) is 5.03. The summed E-state index contributed by atoms with van der Waals surface area (Å²) in [6.07, 6.45) is 5.64. The molecule has 0 radical (unpaired) electrons. The van der Waals surface area contributed by atoms with Gasteiger partial charge in [-0.3, -0.25) is 9.89 Å². The van der Waals surface area contributed by atoms with E-state index in [-0.39, 0.29) is 24.0 Å². The third kappa shape index (κ3) is 5.21. The lowest BCUT2D eigenvalue weighted by atomic mass is 9.82. The normalized spacial score (nSPS) is 27.2. The number of morpholine rings is 1. The second kappa shape index (κ2) is 10.6. The molecule has 1 N–H and O–H groups in total. The molecule has 1 aromatic heterocycles. The summed E-state index contributed by atoms with van der Waals surface area (Å²) in [5.74, 6) is 2.86. The number of nitrogens with one attached hydrogen (secondary N) is 1. The van der Waals surface area contributed by atoms with Crippen LogP contribution >= 0.6 is 35.3 Å². The van der Waals surface area contributed by atoms with Gasteiger partial charge in [0.25, 0.3) is 0 Å². The van der Waals surface area contributed by atoms with Gasteiger partial charge >= 0.3 is 0 Å².